The topological polar surface area (TPSA) is 67.9 Å². The number of rotatable bonds is 3. The highest BCUT2D eigenvalue weighted by Gasteiger charge is 2.25. The molecule has 3 rings (SSSR count). The second-order valence-electron chi connectivity index (χ2n) is 5.56. The molecule has 0 radical (unpaired) electrons. The van der Waals surface area contributed by atoms with E-state index in [1.807, 2.05) is 11.8 Å². The lowest BCUT2D eigenvalue weighted by Gasteiger charge is -2.32. The van der Waals surface area contributed by atoms with Gasteiger partial charge in [-0.05, 0) is 31.0 Å². The molecular formula is C16H20N2O4. The van der Waals surface area contributed by atoms with Crippen molar-refractivity contribution >= 4 is 11.8 Å². The van der Waals surface area contributed by atoms with Crippen molar-refractivity contribution in [2.75, 3.05) is 19.9 Å². The van der Waals surface area contributed by atoms with Gasteiger partial charge in [-0.15, -0.1) is 0 Å². The number of hydrogen-bond acceptors (Lipinski definition) is 4. The summed E-state index contributed by atoms with van der Waals surface area (Å²) in [6.45, 7) is 3.35. The Bertz CT molecular complexity index is 580. The zero-order chi connectivity index (χ0) is 15.5. The minimum atomic E-state index is -0.00133. The van der Waals surface area contributed by atoms with Gasteiger partial charge in [-0.25, -0.2) is 0 Å². The first kappa shape index (κ1) is 14.7. The predicted molar refractivity (Wildman–Crippen MR) is 79.9 cm³/mol. The standard InChI is InChI=1S/C16H20N2O4/c1-2-15(19)17-12-5-7-18(8-6-12)16(20)11-3-4-13-14(9-11)22-10-21-13/h3-4,9,12H,2,5-8,10H2,1H3,(H,17,19). The average molecular weight is 304 g/mol. The Morgan fingerprint density at radius 1 is 1.23 bits per heavy atom. The van der Waals surface area contributed by atoms with Crippen LogP contribution in [0.2, 0.25) is 0 Å². The van der Waals surface area contributed by atoms with Gasteiger partial charge in [0.15, 0.2) is 11.5 Å². The lowest BCUT2D eigenvalue weighted by molar-refractivity contribution is -0.121. The fourth-order valence-electron chi connectivity index (χ4n) is 2.77. The van der Waals surface area contributed by atoms with Crippen molar-refractivity contribution in [2.24, 2.45) is 0 Å². The number of nitrogens with one attached hydrogen (secondary N) is 1. The normalized spacial score (nSPS) is 17.4. The van der Waals surface area contributed by atoms with Crippen molar-refractivity contribution in [1.29, 1.82) is 0 Å². The van der Waals surface area contributed by atoms with E-state index in [2.05, 4.69) is 5.32 Å². The van der Waals surface area contributed by atoms with Gasteiger partial charge < -0.3 is 19.7 Å². The van der Waals surface area contributed by atoms with Gasteiger partial charge in [0.1, 0.15) is 0 Å². The fraction of sp³-hybridized carbons (Fsp3) is 0.500. The number of likely N-dealkylation sites (tertiary alicyclic amines) is 1. The molecular weight excluding hydrogens is 284 g/mol. The predicted octanol–water partition coefficient (Wildman–Crippen LogP) is 1.55. The van der Waals surface area contributed by atoms with E-state index in [0.717, 1.165) is 12.8 Å². The largest absolute Gasteiger partial charge is 0.454 e. The molecule has 0 spiro atoms. The molecule has 0 bridgehead atoms. The summed E-state index contributed by atoms with van der Waals surface area (Å²) in [7, 11) is 0. The lowest BCUT2D eigenvalue weighted by Crippen LogP contribution is -2.46. The van der Waals surface area contributed by atoms with Crippen LogP contribution in [0.15, 0.2) is 18.2 Å². The third-order valence-electron chi connectivity index (χ3n) is 4.09. The van der Waals surface area contributed by atoms with Gasteiger partial charge in [0.2, 0.25) is 12.7 Å². The van der Waals surface area contributed by atoms with Crippen LogP contribution >= 0.6 is 0 Å². The van der Waals surface area contributed by atoms with Crippen molar-refractivity contribution < 1.29 is 19.1 Å². The Labute approximate surface area is 129 Å². The highest BCUT2D eigenvalue weighted by atomic mass is 16.7. The van der Waals surface area contributed by atoms with Gasteiger partial charge >= 0.3 is 0 Å². The van der Waals surface area contributed by atoms with E-state index >= 15 is 0 Å². The molecule has 22 heavy (non-hydrogen) atoms. The molecule has 6 nitrogen and oxygen atoms in total. The first-order valence-corrected chi connectivity index (χ1v) is 7.65. The maximum absolute atomic E-state index is 12.5. The minimum Gasteiger partial charge on any atom is -0.454 e. The number of amides is 2. The van der Waals surface area contributed by atoms with Crippen LogP contribution in [0, 0.1) is 0 Å². The van der Waals surface area contributed by atoms with E-state index in [-0.39, 0.29) is 24.6 Å². The van der Waals surface area contributed by atoms with Gasteiger partial charge in [0, 0.05) is 31.1 Å². The molecule has 1 saturated heterocycles. The van der Waals surface area contributed by atoms with Crippen LogP contribution < -0.4 is 14.8 Å². The summed E-state index contributed by atoms with van der Waals surface area (Å²) in [5.74, 6) is 1.37. The summed E-state index contributed by atoms with van der Waals surface area (Å²) in [5.41, 5.74) is 0.611. The summed E-state index contributed by atoms with van der Waals surface area (Å²) >= 11 is 0. The molecule has 0 atom stereocenters. The summed E-state index contributed by atoms with van der Waals surface area (Å²) in [5, 5.41) is 2.99. The highest BCUT2D eigenvalue weighted by Crippen LogP contribution is 2.33. The first-order valence-electron chi connectivity index (χ1n) is 7.65. The quantitative estimate of drug-likeness (QED) is 0.920. The molecule has 0 saturated carbocycles. The summed E-state index contributed by atoms with van der Waals surface area (Å²) in [6, 6.07) is 5.44. The SMILES string of the molecule is CCC(=O)NC1CCN(C(=O)c2ccc3c(c2)OCO3)CC1. The second-order valence-corrected chi connectivity index (χ2v) is 5.56. The fourth-order valence-corrected chi connectivity index (χ4v) is 2.77. The number of nitrogens with zero attached hydrogens (tertiary/aromatic N) is 1. The maximum Gasteiger partial charge on any atom is 0.253 e. The molecule has 0 unspecified atom stereocenters. The Morgan fingerprint density at radius 2 is 1.95 bits per heavy atom. The molecule has 2 amide bonds. The number of piperidine rings is 1. The van der Waals surface area contributed by atoms with Gasteiger partial charge in [0.05, 0.1) is 0 Å². The molecule has 1 N–H and O–H groups in total. The Balaban J connectivity index is 1.59. The Hall–Kier alpha value is -2.24. The lowest BCUT2D eigenvalue weighted by atomic mass is 10.0. The highest BCUT2D eigenvalue weighted by molar-refractivity contribution is 5.95. The van der Waals surface area contributed by atoms with Crippen LogP contribution in [0.5, 0.6) is 11.5 Å². The van der Waals surface area contributed by atoms with Gasteiger partial charge in [-0.2, -0.15) is 0 Å². The second kappa shape index (κ2) is 6.25. The molecule has 1 aromatic rings. The van der Waals surface area contributed by atoms with E-state index in [1.165, 1.54) is 0 Å². The van der Waals surface area contributed by atoms with E-state index < -0.39 is 0 Å². The van der Waals surface area contributed by atoms with Gasteiger partial charge in [0.25, 0.3) is 5.91 Å². The zero-order valence-corrected chi connectivity index (χ0v) is 12.6. The molecule has 6 heteroatoms. The number of benzene rings is 1. The van der Waals surface area contributed by atoms with Gasteiger partial charge in [-0.3, -0.25) is 9.59 Å². The Morgan fingerprint density at radius 3 is 2.68 bits per heavy atom. The summed E-state index contributed by atoms with van der Waals surface area (Å²) < 4.78 is 10.6. The third-order valence-corrected chi connectivity index (χ3v) is 4.09. The molecule has 118 valence electrons. The van der Waals surface area contributed by atoms with Crippen molar-refractivity contribution in [3.05, 3.63) is 23.8 Å². The monoisotopic (exact) mass is 304 g/mol. The number of hydrogen-bond donors (Lipinski definition) is 1. The van der Waals surface area contributed by atoms with Crippen LogP contribution in [0.25, 0.3) is 0 Å². The molecule has 2 aliphatic heterocycles. The van der Waals surface area contributed by atoms with Crippen molar-refractivity contribution in [1.82, 2.24) is 10.2 Å². The Kier molecular flexibility index (Phi) is 4.18. The molecule has 0 aliphatic carbocycles. The summed E-state index contributed by atoms with van der Waals surface area (Å²) in [6.07, 6.45) is 2.08. The van der Waals surface area contributed by atoms with E-state index in [4.69, 9.17) is 9.47 Å². The van der Waals surface area contributed by atoms with E-state index in [1.54, 1.807) is 18.2 Å². The van der Waals surface area contributed by atoms with Crippen molar-refractivity contribution in [3.63, 3.8) is 0 Å². The molecule has 2 heterocycles. The van der Waals surface area contributed by atoms with E-state index in [9.17, 15) is 9.59 Å². The number of carbonyl (C=O) groups is 2. The van der Waals surface area contributed by atoms with Crippen LogP contribution in [0.3, 0.4) is 0 Å². The zero-order valence-electron chi connectivity index (χ0n) is 12.6. The number of fused-ring (bicyclic) bond motifs is 1. The molecule has 0 aromatic heterocycles. The summed E-state index contributed by atoms with van der Waals surface area (Å²) in [4.78, 5) is 25.8. The van der Waals surface area contributed by atoms with Crippen LogP contribution in [-0.4, -0.2) is 42.6 Å². The van der Waals surface area contributed by atoms with Crippen molar-refractivity contribution in [3.8, 4) is 11.5 Å². The minimum absolute atomic E-state index is 0.00133. The van der Waals surface area contributed by atoms with E-state index in [0.29, 0.717) is 36.6 Å². The molecule has 1 aromatic carbocycles. The van der Waals surface area contributed by atoms with Crippen molar-refractivity contribution in [2.45, 2.75) is 32.2 Å². The van der Waals surface area contributed by atoms with Crippen LogP contribution in [0.4, 0.5) is 0 Å². The molecule has 1 fully saturated rings. The van der Waals surface area contributed by atoms with Crippen LogP contribution in [0.1, 0.15) is 36.5 Å². The molecule has 2 aliphatic rings. The number of ether oxygens (including phenoxy) is 2. The van der Waals surface area contributed by atoms with Gasteiger partial charge in [-0.1, -0.05) is 6.92 Å². The maximum atomic E-state index is 12.5. The number of carbonyl (C=O) groups excluding carboxylic acids is 2. The third kappa shape index (κ3) is 3.00. The first-order chi connectivity index (χ1) is 10.7. The van der Waals surface area contributed by atoms with Crippen LogP contribution in [-0.2, 0) is 4.79 Å². The average Bonchev–Trinajstić information content (AvgIpc) is 3.02. The smallest absolute Gasteiger partial charge is 0.253 e.